The Bertz CT molecular complexity index is 1170. The lowest BCUT2D eigenvalue weighted by atomic mass is 9.94. The number of halogens is 1. The van der Waals surface area contributed by atoms with Gasteiger partial charge in [0.1, 0.15) is 6.04 Å². The summed E-state index contributed by atoms with van der Waals surface area (Å²) in [6, 6.07) is 15.4. The first-order chi connectivity index (χ1) is 20.4. The maximum Gasteiger partial charge on any atom is 0.245 e. The van der Waals surface area contributed by atoms with Crippen molar-refractivity contribution >= 4 is 23.4 Å². The van der Waals surface area contributed by atoms with Crippen molar-refractivity contribution in [3.8, 4) is 0 Å². The average Bonchev–Trinajstić information content (AvgIpc) is 3.57. The van der Waals surface area contributed by atoms with Crippen LogP contribution in [0.3, 0.4) is 0 Å². The van der Waals surface area contributed by atoms with Crippen molar-refractivity contribution in [1.29, 1.82) is 0 Å². The Morgan fingerprint density at radius 2 is 1.64 bits per heavy atom. The van der Waals surface area contributed by atoms with Gasteiger partial charge in [-0.05, 0) is 67.1 Å². The molecule has 1 unspecified atom stereocenters. The van der Waals surface area contributed by atoms with Crippen LogP contribution in [0.2, 0.25) is 5.02 Å². The number of piperazine rings is 1. The SMILES string of the molecule is CCN(CC)CC(C1CCCC1)N1CCN(C(=O)[C@@H](Cc2ccc(Cl)cc2)NC(=O)[C@H]2Cc3ccccc3CN2)CC1. The maximum absolute atomic E-state index is 14.0. The number of nitrogens with one attached hydrogen (secondary N) is 2. The van der Waals surface area contributed by atoms with Gasteiger partial charge in [0.2, 0.25) is 11.8 Å². The number of rotatable bonds is 11. The summed E-state index contributed by atoms with van der Waals surface area (Å²) in [5.41, 5.74) is 3.40. The highest BCUT2D eigenvalue weighted by atomic mass is 35.5. The van der Waals surface area contributed by atoms with E-state index in [0.29, 0.717) is 43.5 Å². The van der Waals surface area contributed by atoms with Crippen LogP contribution >= 0.6 is 11.6 Å². The van der Waals surface area contributed by atoms with Crippen molar-refractivity contribution in [2.24, 2.45) is 5.92 Å². The molecule has 2 fully saturated rings. The minimum atomic E-state index is -0.620. The Morgan fingerprint density at radius 3 is 2.31 bits per heavy atom. The molecule has 7 nitrogen and oxygen atoms in total. The fourth-order valence-electron chi connectivity index (χ4n) is 7.11. The van der Waals surface area contributed by atoms with Gasteiger partial charge in [-0.2, -0.15) is 0 Å². The molecule has 0 aromatic heterocycles. The van der Waals surface area contributed by atoms with Gasteiger partial charge in [0.15, 0.2) is 0 Å². The smallest absolute Gasteiger partial charge is 0.245 e. The standard InChI is InChI=1S/C34H48ClN5O2/c1-3-38(4-2)24-32(26-9-5-6-10-26)39-17-19-40(20-18-39)34(42)31(21-25-13-15-29(35)16-14-25)37-33(41)30-22-27-11-7-8-12-28(27)23-36-30/h7-8,11-16,26,30-32,36H,3-6,9-10,17-24H2,1-2H3,(H,37,41)/t30-,31-,32?/m1/s1. The van der Waals surface area contributed by atoms with Crippen molar-refractivity contribution < 1.29 is 9.59 Å². The van der Waals surface area contributed by atoms with Gasteiger partial charge < -0.3 is 20.4 Å². The maximum atomic E-state index is 14.0. The van der Waals surface area contributed by atoms with Crippen LogP contribution < -0.4 is 10.6 Å². The zero-order chi connectivity index (χ0) is 29.5. The zero-order valence-electron chi connectivity index (χ0n) is 25.4. The van der Waals surface area contributed by atoms with E-state index in [1.807, 2.05) is 41.3 Å². The van der Waals surface area contributed by atoms with Gasteiger partial charge in [-0.25, -0.2) is 0 Å². The quantitative estimate of drug-likeness (QED) is 0.410. The predicted octanol–water partition coefficient (Wildman–Crippen LogP) is 4.13. The summed E-state index contributed by atoms with van der Waals surface area (Å²) in [6.07, 6.45) is 6.38. The third kappa shape index (κ3) is 7.73. The van der Waals surface area contributed by atoms with Crippen LogP contribution in [0.15, 0.2) is 48.5 Å². The molecule has 3 aliphatic rings. The van der Waals surface area contributed by atoms with E-state index < -0.39 is 6.04 Å². The second-order valence-electron chi connectivity index (χ2n) is 12.3. The molecule has 1 saturated heterocycles. The van der Waals surface area contributed by atoms with Crippen molar-refractivity contribution in [2.45, 2.75) is 77.0 Å². The molecule has 2 aliphatic heterocycles. The van der Waals surface area contributed by atoms with E-state index in [0.717, 1.165) is 44.2 Å². The van der Waals surface area contributed by atoms with Gasteiger partial charge in [-0.3, -0.25) is 14.5 Å². The molecule has 0 radical (unpaired) electrons. The lowest BCUT2D eigenvalue weighted by Gasteiger charge is -2.44. The van der Waals surface area contributed by atoms with E-state index >= 15 is 0 Å². The molecule has 2 aromatic carbocycles. The Morgan fingerprint density at radius 1 is 0.976 bits per heavy atom. The largest absolute Gasteiger partial charge is 0.343 e. The normalized spacial score (nSPS) is 21.2. The summed E-state index contributed by atoms with van der Waals surface area (Å²) >= 11 is 6.13. The molecule has 3 atom stereocenters. The second-order valence-corrected chi connectivity index (χ2v) is 12.7. The molecule has 8 heteroatoms. The minimum Gasteiger partial charge on any atom is -0.343 e. The number of hydrogen-bond acceptors (Lipinski definition) is 5. The summed E-state index contributed by atoms with van der Waals surface area (Å²) in [7, 11) is 0. The van der Waals surface area contributed by atoms with E-state index in [1.165, 1.54) is 36.8 Å². The number of amides is 2. The summed E-state index contributed by atoms with van der Waals surface area (Å²) < 4.78 is 0. The number of likely N-dealkylation sites (N-methyl/N-ethyl adjacent to an activating group) is 1. The first-order valence-corrected chi connectivity index (χ1v) is 16.4. The number of carbonyl (C=O) groups is 2. The fourth-order valence-corrected chi connectivity index (χ4v) is 7.24. The van der Waals surface area contributed by atoms with Crippen LogP contribution in [-0.2, 0) is 29.0 Å². The van der Waals surface area contributed by atoms with Gasteiger partial charge in [0.25, 0.3) is 0 Å². The van der Waals surface area contributed by atoms with Gasteiger partial charge >= 0.3 is 0 Å². The minimum absolute atomic E-state index is 0.00955. The van der Waals surface area contributed by atoms with Crippen LogP contribution in [0.4, 0.5) is 0 Å². The molecule has 2 heterocycles. The van der Waals surface area contributed by atoms with Crippen LogP contribution in [0.1, 0.15) is 56.2 Å². The highest BCUT2D eigenvalue weighted by Crippen LogP contribution is 2.31. The summed E-state index contributed by atoms with van der Waals surface area (Å²) in [5, 5.41) is 7.19. The summed E-state index contributed by atoms with van der Waals surface area (Å²) in [4.78, 5) is 34.7. The van der Waals surface area contributed by atoms with Crippen LogP contribution in [0.25, 0.3) is 0 Å². The van der Waals surface area contributed by atoms with Crippen molar-refractivity contribution in [2.75, 3.05) is 45.8 Å². The molecule has 42 heavy (non-hydrogen) atoms. The molecular formula is C34H48ClN5O2. The molecule has 1 aliphatic carbocycles. The number of nitrogens with zero attached hydrogens (tertiary/aromatic N) is 3. The molecule has 1 saturated carbocycles. The van der Waals surface area contributed by atoms with Gasteiger partial charge in [-0.1, -0.05) is 74.7 Å². The van der Waals surface area contributed by atoms with E-state index in [1.54, 1.807) is 0 Å². The predicted molar refractivity (Wildman–Crippen MR) is 170 cm³/mol. The second kappa shape index (κ2) is 14.8. The molecule has 2 aromatic rings. The number of fused-ring (bicyclic) bond motifs is 1. The van der Waals surface area contributed by atoms with Crippen LogP contribution in [0.5, 0.6) is 0 Å². The van der Waals surface area contributed by atoms with Crippen LogP contribution in [0, 0.1) is 5.92 Å². The van der Waals surface area contributed by atoms with E-state index in [2.05, 4.69) is 46.4 Å². The molecular weight excluding hydrogens is 546 g/mol. The monoisotopic (exact) mass is 593 g/mol. The molecule has 228 valence electrons. The van der Waals surface area contributed by atoms with E-state index in [-0.39, 0.29) is 17.9 Å². The third-order valence-electron chi connectivity index (χ3n) is 9.74. The Hall–Kier alpha value is -2.45. The highest BCUT2D eigenvalue weighted by Gasteiger charge is 2.36. The molecule has 0 bridgehead atoms. The van der Waals surface area contributed by atoms with Crippen LogP contribution in [-0.4, -0.2) is 90.5 Å². The fraction of sp³-hybridized carbons (Fsp3) is 0.588. The lowest BCUT2D eigenvalue weighted by molar-refractivity contribution is -0.138. The number of carbonyl (C=O) groups excluding carboxylic acids is 2. The highest BCUT2D eigenvalue weighted by molar-refractivity contribution is 6.30. The number of benzene rings is 2. The summed E-state index contributed by atoms with van der Waals surface area (Å²) in [5.74, 6) is 0.643. The molecule has 2 amide bonds. The first-order valence-electron chi connectivity index (χ1n) is 16.0. The van der Waals surface area contributed by atoms with Gasteiger partial charge in [0, 0.05) is 56.8 Å². The zero-order valence-corrected chi connectivity index (χ0v) is 26.1. The van der Waals surface area contributed by atoms with Gasteiger partial charge in [0.05, 0.1) is 6.04 Å². The third-order valence-corrected chi connectivity index (χ3v) is 10.00. The first kappa shape index (κ1) is 31.0. The molecule has 5 rings (SSSR count). The Balaban J connectivity index is 1.25. The Kier molecular flexibility index (Phi) is 10.9. The van der Waals surface area contributed by atoms with Crippen molar-refractivity contribution in [3.63, 3.8) is 0 Å². The van der Waals surface area contributed by atoms with Gasteiger partial charge in [-0.15, -0.1) is 0 Å². The number of hydrogen-bond donors (Lipinski definition) is 2. The Labute approximate surface area is 257 Å². The molecule has 0 spiro atoms. The average molecular weight is 594 g/mol. The summed E-state index contributed by atoms with van der Waals surface area (Å²) in [6.45, 7) is 11.6. The molecule has 2 N–H and O–H groups in total. The van der Waals surface area contributed by atoms with Crippen molar-refractivity contribution in [3.05, 3.63) is 70.2 Å². The van der Waals surface area contributed by atoms with E-state index in [4.69, 9.17) is 11.6 Å². The lowest BCUT2D eigenvalue weighted by Crippen LogP contribution is -2.60. The van der Waals surface area contributed by atoms with Crippen molar-refractivity contribution in [1.82, 2.24) is 25.3 Å². The van der Waals surface area contributed by atoms with E-state index in [9.17, 15) is 9.59 Å². The topological polar surface area (TPSA) is 67.9 Å².